The molecule has 0 amide bonds. The van der Waals surface area contributed by atoms with Crippen LogP contribution in [-0.2, 0) is 20.5 Å². The van der Waals surface area contributed by atoms with Crippen molar-refractivity contribution in [2.75, 3.05) is 11.9 Å². The number of aromatic nitrogens is 4. The quantitative estimate of drug-likeness (QED) is 0.803. The van der Waals surface area contributed by atoms with E-state index in [1.807, 2.05) is 43.4 Å². The van der Waals surface area contributed by atoms with Crippen molar-refractivity contribution >= 4 is 5.82 Å². The molecule has 0 aliphatic heterocycles. The predicted octanol–water partition coefficient (Wildman–Crippen LogP) is 0.808. The van der Waals surface area contributed by atoms with Gasteiger partial charge in [-0.1, -0.05) is 0 Å². The van der Waals surface area contributed by atoms with Crippen molar-refractivity contribution in [2.24, 2.45) is 14.1 Å². The monoisotopic (exact) mass is 205 g/mol. The van der Waals surface area contributed by atoms with Gasteiger partial charge in [-0.3, -0.25) is 9.36 Å². The molecule has 5 heteroatoms. The molecule has 5 nitrogen and oxygen atoms in total. The molecular formula is C10H15N5. The molecular weight excluding hydrogens is 190 g/mol. The summed E-state index contributed by atoms with van der Waals surface area (Å²) in [6, 6.07) is 1.96. The third kappa shape index (κ3) is 2.59. The molecule has 80 valence electrons. The first kappa shape index (κ1) is 9.76. The maximum Gasteiger partial charge on any atom is 0.147 e. The van der Waals surface area contributed by atoms with Crippen molar-refractivity contribution in [2.45, 2.75) is 6.42 Å². The number of hydrogen-bond donors (Lipinski definition) is 1. The van der Waals surface area contributed by atoms with Crippen LogP contribution in [0.25, 0.3) is 0 Å². The van der Waals surface area contributed by atoms with E-state index in [4.69, 9.17) is 0 Å². The highest BCUT2D eigenvalue weighted by molar-refractivity contribution is 5.32. The smallest absolute Gasteiger partial charge is 0.147 e. The molecule has 0 spiro atoms. The molecule has 0 fully saturated rings. The third-order valence-electron chi connectivity index (χ3n) is 2.19. The van der Waals surface area contributed by atoms with Crippen LogP contribution in [0.5, 0.6) is 0 Å². The van der Waals surface area contributed by atoms with E-state index in [1.54, 1.807) is 4.68 Å². The summed E-state index contributed by atoms with van der Waals surface area (Å²) in [5.41, 5.74) is 1.24. The summed E-state index contributed by atoms with van der Waals surface area (Å²) < 4.78 is 3.60. The van der Waals surface area contributed by atoms with Crippen molar-refractivity contribution in [3.8, 4) is 0 Å². The SMILES string of the molecule is Cn1cc(CCNc2ccn(C)n2)cn1. The number of aryl methyl sites for hydroxylation is 2. The Kier molecular flexibility index (Phi) is 2.71. The topological polar surface area (TPSA) is 47.7 Å². The zero-order chi connectivity index (χ0) is 10.7. The highest BCUT2D eigenvalue weighted by atomic mass is 15.3. The number of hydrogen-bond acceptors (Lipinski definition) is 3. The van der Waals surface area contributed by atoms with Gasteiger partial charge < -0.3 is 5.32 Å². The van der Waals surface area contributed by atoms with E-state index >= 15 is 0 Å². The first-order valence-corrected chi connectivity index (χ1v) is 4.95. The molecule has 2 heterocycles. The Labute approximate surface area is 88.7 Å². The summed E-state index contributed by atoms with van der Waals surface area (Å²) in [4.78, 5) is 0. The van der Waals surface area contributed by atoms with Crippen LogP contribution in [0.15, 0.2) is 24.7 Å². The molecule has 2 aromatic heterocycles. The van der Waals surface area contributed by atoms with Gasteiger partial charge in [0.15, 0.2) is 0 Å². The summed E-state index contributed by atoms with van der Waals surface area (Å²) in [5.74, 6) is 0.918. The van der Waals surface area contributed by atoms with Gasteiger partial charge in [-0.05, 0) is 12.0 Å². The van der Waals surface area contributed by atoms with Gasteiger partial charge in [0.05, 0.1) is 6.20 Å². The van der Waals surface area contributed by atoms with E-state index in [2.05, 4.69) is 15.5 Å². The van der Waals surface area contributed by atoms with E-state index in [9.17, 15) is 0 Å². The van der Waals surface area contributed by atoms with Gasteiger partial charge in [-0.25, -0.2) is 0 Å². The molecule has 0 aliphatic carbocycles. The Bertz CT molecular complexity index is 388. The predicted molar refractivity (Wildman–Crippen MR) is 58.6 cm³/mol. The highest BCUT2D eigenvalue weighted by Gasteiger charge is 1.97. The average Bonchev–Trinajstić information content (AvgIpc) is 2.76. The summed E-state index contributed by atoms with van der Waals surface area (Å²) >= 11 is 0. The van der Waals surface area contributed by atoms with Crippen molar-refractivity contribution in [1.82, 2.24) is 19.6 Å². The molecule has 1 N–H and O–H groups in total. The largest absolute Gasteiger partial charge is 0.368 e. The molecule has 0 unspecified atom stereocenters. The first-order chi connectivity index (χ1) is 7.24. The number of nitrogens with one attached hydrogen (secondary N) is 1. The van der Waals surface area contributed by atoms with Crippen LogP contribution >= 0.6 is 0 Å². The molecule has 0 saturated heterocycles. The van der Waals surface area contributed by atoms with E-state index in [-0.39, 0.29) is 0 Å². The van der Waals surface area contributed by atoms with Crippen molar-refractivity contribution in [3.05, 3.63) is 30.2 Å². The normalized spacial score (nSPS) is 10.5. The van der Waals surface area contributed by atoms with Gasteiger partial charge >= 0.3 is 0 Å². The van der Waals surface area contributed by atoms with E-state index < -0.39 is 0 Å². The fourth-order valence-electron chi connectivity index (χ4n) is 1.45. The van der Waals surface area contributed by atoms with Crippen LogP contribution in [0.2, 0.25) is 0 Å². The molecule has 0 saturated carbocycles. The lowest BCUT2D eigenvalue weighted by Crippen LogP contribution is -2.05. The lowest BCUT2D eigenvalue weighted by atomic mass is 10.2. The maximum absolute atomic E-state index is 4.23. The summed E-state index contributed by atoms with van der Waals surface area (Å²) in [7, 11) is 3.84. The Morgan fingerprint density at radius 3 is 2.80 bits per heavy atom. The molecule has 15 heavy (non-hydrogen) atoms. The van der Waals surface area contributed by atoms with Gasteiger partial charge in [0.2, 0.25) is 0 Å². The second-order valence-electron chi connectivity index (χ2n) is 3.57. The lowest BCUT2D eigenvalue weighted by Gasteiger charge is -2.00. The van der Waals surface area contributed by atoms with Crippen LogP contribution < -0.4 is 5.32 Å². The second kappa shape index (κ2) is 4.16. The minimum absolute atomic E-state index is 0.878. The third-order valence-corrected chi connectivity index (χ3v) is 2.19. The molecule has 0 radical (unpaired) electrons. The van der Waals surface area contributed by atoms with Crippen LogP contribution in [0, 0.1) is 0 Å². The fourth-order valence-corrected chi connectivity index (χ4v) is 1.45. The molecule has 0 bridgehead atoms. The van der Waals surface area contributed by atoms with Crippen LogP contribution in [0.1, 0.15) is 5.56 Å². The van der Waals surface area contributed by atoms with Gasteiger partial charge in [0.25, 0.3) is 0 Å². The summed E-state index contributed by atoms with van der Waals surface area (Å²) in [5, 5.41) is 11.6. The molecule has 2 rings (SSSR count). The van der Waals surface area contributed by atoms with Crippen LogP contribution in [-0.4, -0.2) is 26.1 Å². The van der Waals surface area contributed by atoms with Gasteiger partial charge in [-0.2, -0.15) is 10.2 Å². The number of rotatable bonds is 4. The Morgan fingerprint density at radius 2 is 2.20 bits per heavy atom. The first-order valence-electron chi connectivity index (χ1n) is 4.95. The standard InChI is InChI=1S/C10H15N5/c1-14-6-4-10(13-14)11-5-3-9-7-12-15(2)8-9/h4,6-8H,3,5H2,1-2H3,(H,11,13). The second-order valence-corrected chi connectivity index (χ2v) is 3.57. The van der Waals surface area contributed by atoms with Crippen LogP contribution in [0.4, 0.5) is 5.82 Å². The van der Waals surface area contributed by atoms with Crippen molar-refractivity contribution in [1.29, 1.82) is 0 Å². The molecule has 0 aliphatic rings. The Hall–Kier alpha value is -1.78. The minimum Gasteiger partial charge on any atom is -0.368 e. The Balaban J connectivity index is 1.80. The van der Waals surface area contributed by atoms with Crippen molar-refractivity contribution in [3.63, 3.8) is 0 Å². The van der Waals surface area contributed by atoms with E-state index in [0.717, 1.165) is 18.8 Å². The summed E-state index contributed by atoms with van der Waals surface area (Å²) in [6.07, 6.45) is 6.80. The number of anilines is 1. The minimum atomic E-state index is 0.878. The van der Waals surface area contributed by atoms with Gasteiger partial charge in [-0.15, -0.1) is 0 Å². The van der Waals surface area contributed by atoms with Crippen LogP contribution in [0.3, 0.4) is 0 Å². The van der Waals surface area contributed by atoms with E-state index in [1.165, 1.54) is 5.56 Å². The number of nitrogens with zero attached hydrogens (tertiary/aromatic N) is 4. The fraction of sp³-hybridized carbons (Fsp3) is 0.400. The maximum atomic E-state index is 4.23. The zero-order valence-corrected chi connectivity index (χ0v) is 9.01. The van der Waals surface area contributed by atoms with E-state index in [0.29, 0.717) is 0 Å². The molecule has 2 aromatic rings. The lowest BCUT2D eigenvalue weighted by molar-refractivity contribution is 0.765. The van der Waals surface area contributed by atoms with Gasteiger partial charge in [0, 0.05) is 39.1 Å². The van der Waals surface area contributed by atoms with Gasteiger partial charge in [0.1, 0.15) is 5.82 Å². The zero-order valence-electron chi connectivity index (χ0n) is 9.01. The highest BCUT2D eigenvalue weighted by Crippen LogP contribution is 2.02. The molecule has 0 aromatic carbocycles. The molecule has 0 atom stereocenters. The average molecular weight is 205 g/mol. The van der Waals surface area contributed by atoms with Crippen molar-refractivity contribution < 1.29 is 0 Å². The summed E-state index contributed by atoms with van der Waals surface area (Å²) in [6.45, 7) is 0.878. The Morgan fingerprint density at radius 1 is 1.33 bits per heavy atom.